The van der Waals surface area contributed by atoms with E-state index >= 15 is 0 Å². The van der Waals surface area contributed by atoms with E-state index in [0.29, 0.717) is 12.1 Å². The molecule has 1 aromatic rings. The van der Waals surface area contributed by atoms with E-state index in [1.807, 2.05) is 6.20 Å². The molecule has 1 unspecified atom stereocenters. The van der Waals surface area contributed by atoms with Gasteiger partial charge in [0.05, 0.1) is 6.54 Å². The fourth-order valence-electron chi connectivity index (χ4n) is 4.51. The van der Waals surface area contributed by atoms with Gasteiger partial charge in [0.25, 0.3) is 0 Å². The predicted octanol–water partition coefficient (Wildman–Crippen LogP) is 1.53. The van der Waals surface area contributed by atoms with Gasteiger partial charge in [-0.05, 0) is 38.3 Å². The van der Waals surface area contributed by atoms with Gasteiger partial charge < -0.3 is 15.5 Å². The summed E-state index contributed by atoms with van der Waals surface area (Å²) in [6.07, 6.45) is 4.19. The van der Waals surface area contributed by atoms with Crippen LogP contribution < -0.4 is 15.5 Å². The zero-order valence-corrected chi connectivity index (χ0v) is 20.1. The van der Waals surface area contributed by atoms with Gasteiger partial charge in [-0.1, -0.05) is 6.07 Å². The zero-order valence-electron chi connectivity index (χ0n) is 17.8. The summed E-state index contributed by atoms with van der Waals surface area (Å²) >= 11 is 0. The number of aromatic nitrogens is 1. The number of guanidine groups is 1. The van der Waals surface area contributed by atoms with Crippen LogP contribution in [0.2, 0.25) is 0 Å². The van der Waals surface area contributed by atoms with Crippen molar-refractivity contribution in [3.05, 3.63) is 23.9 Å². The molecule has 5 heterocycles. The largest absolute Gasteiger partial charge is 0.357 e. The summed E-state index contributed by atoms with van der Waals surface area (Å²) in [5.41, 5.74) is 1.21. The van der Waals surface area contributed by atoms with Crippen molar-refractivity contribution >= 4 is 35.8 Å². The van der Waals surface area contributed by atoms with Crippen molar-refractivity contribution in [1.29, 1.82) is 0 Å². The average molecular weight is 513 g/mol. The number of piperidine rings is 1. The summed E-state index contributed by atoms with van der Waals surface area (Å²) in [5, 5.41) is 7.12. The van der Waals surface area contributed by atoms with Gasteiger partial charge in [-0.3, -0.25) is 14.8 Å². The first-order valence-electron chi connectivity index (χ1n) is 10.9. The maximum Gasteiger partial charge on any atom is 0.191 e. The molecule has 0 aromatic carbocycles. The Bertz CT molecular complexity index is 649. The number of aliphatic imine (C=N–C) groups is 1. The number of fused-ring (bicyclic) bond motifs is 3. The Morgan fingerprint density at radius 3 is 2.48 bits per heavy atom. The molecule has 1 aromatic heterocycles. The van der Waals surface area contributed by atoms with Crippen molar-refractivity contribution in [1.82, 2.24) is 25.4 Å². The number of hydrogen-bond acceptors (Lipinski definition) is 5. The smallest absolute Gasteiger partial charge is 0.191 e. The van der Waals surface area contributed by atoms with E-state index in [0.717, 1.165) is 50.8 Å². The molecule has 1 atom stereocenters. The molecule has 0 radical (unpaired) electrons. The Hall–Kier alpha value is -1.13. The predicted molar refractivity (Wildman–Crippen MR) is 131 cm³/mol. The highest BCUT2D eigenvalue weighted by Crippen LogP contribution is 2.18. The van der Waals surface area contributed by atoms with E-state index in [9.17, 15) is 0 Å². The second-order valence-electron chi connectivity index (χ2n) is 8.31. The Morgan fingerprint density at radius 1 is 1.14 bits per heavy atom. The van der Waals surface area contributed by atoms with Crippen LogP contribution in [0.25, 0.3) is 0 Å². The molecule has 0 spiro atoms. The molecule has 4 saturated heterocycles. The number of rotatable bonds is 5. The lowest BCUT2D eigenvalue weighted by Gasteiger charge is -2.47. The molecular formula is C21H36IN7. The molecule has 0 amide bonds. The van der Waals surface area contributed by atoms with Crippen LogP contribution in [-0.2, 0) is 0 Å². The minimum Gasteiger partial charge on any atom is -0.357 e. The van der Waals surface area contributed by atoms with Gasteiger partial charge in [0.1, 0.15) is 5.82 Å². The molecular weight excluding hydrogens is 477 g/mol. The van der Waals surface area contributed by atoms with E-state index < -0.39 is 0 Å². The third kappa shape index (κ3) is 5.95. The molecule has 8 heteroatoms. The first-order valence-corrected chi connectivity index (χ1v) is 10.9. The first kappa shape index (κ1) is 22.6. The Labute approximate surface area is 192 Å². The lowest BCUT2D eigenvalue weighted by molar-refractivity contribution is 0.0174. The zero-order chi connectivity index (χ0) is 19.3. The number of anilines is 1. The first-order chi connectivity index (χ1) is 13.7. The van der Waals surface area contributed by atoms with Crippen LogP contribution in [-0.4, -0.2) is 91.7 Å². The number of halogens is 1. The van der Waals surface area contributed by atoms with E-state index in [-0.39, 0.29) is 24.0 Å². The summed E-state index contributed by atoms with van der Waals surface area (Å²) < 4.78 is 0. The number of nitrogens with one attached hydrogen (secondary N) is 2. The van der Waals surface area contributed by atoms with Crippen LogP contribution in [0, 0.1) is 6.92 Å². The van der Waals surface area contributed by atoms with Crippen molar-refractivity contribution in [2.75, 3.05) is 63.8 Å². The molecule has 2 N–H and O–H groups in total. The fourth-order valence-corrected chi connectivity index (χ4v) is 4.51. The van der Waals surface area contributed by atoms with Gasteiger partial charge in [0.2, 0.25) is 0 Å². The van der Waals surface area contributed by atoms with Crippen molar-refractivity contribution in [3.8, 4) is 0 Å². The fraction of sp³-hybridized carbons (Fsp3) is 0.714. The van der Waals surface area contributed by atoms with Gasteiger partial charge in [0, 0.05) is 70.6 Å². The summed E-state index contributed by atoms with van der Waals surface area (Å²) in [6.45, 7) is 14.1. The second kappa shape index (κ2) is 10.8. The molecule has 4 aliphatic heterocycles. The number of aryl methyl sites for hydroxylation is 1. The topological polar surface area (TPSA) is 59.0 Å². The van der Waals surface area contributed by atoms with Crippen molar-refractivity contribution in [3.63, 3.8) is 0 Å². The maximum atomic E-state index is 4.94. The second-order valence-corrected chi connectivity index (χ2v) is 8.31. The minimum absolute atomic E-state index is 0. The maximum absolute atomic E-state index is 4.94. The minimum atomic E-state index is 0. The number of hydrogen-bond donors (Lipinski definition) is 2. The van der Waals surface area contributed by atoms with E-state index in [4.69, 9.17) is 4.99 Å². The molecule has 2 bridgehead atoms. The highest BCUT2D eigenvalue weighted by molar-refractivity contribution is 14.0. The third-order valence-corrected chi connectivity index (χ3v) is 6.25. The lowest BCUT2D eigenvalue weighted by atomic mass is 10.1. The Balaban J connectivity index is 0.00000240. The lowest BCUT2D eigenvalue weighted by Crippen LogP contribution is -2.62. The molecule has 162 valence electrons. The summed E-state index contributed by atoms with van der Waals surface area (Å²) in [4.78, 5) is 17.1. The summed E-state index contributed by atoms with van der Waals surface area (Å²) in [6, 6.07) is 5.34. The number of pyridine rings is 1. The van der Waals surface area contributed by atoms with Crippen LogP contribution in [0.3, 0.4) is 0 Å². The number of nitrogens with zero attached hydrogens (tertiary/aromatic N) is 5. The molecule has 4 fully saturated rings. The van der Waals surface area contributed by atoms with Crippen molar-refractivity contribution < 1.29 is 0 Å². The summed E-state index contributed by atoms with van der Waals surface area (Å²) in [7, 11) is 0. The molecule has 29 heavy (non-hydrogen) atoms. The monoisotopic (exact) mass is 513 g/mol. The molecule has 5 rings (SSSR count). The standard InChI is InChI=1S/C21H35N7.HI/c1-3-22-21(24-15-19-16-26-10-12-27(19)13-11-26)25-18-6-8-28(9-7-18)20-5-4-17(2)14-23-20;/h4-5,14,18-19H,3,6-13,15-16H2,1-2H3,(H2,22,24,25);1H. The van der Waals surface area contributed by atoms with Crippen LogP contribution in [0.5, 0.6) is 0 Å². The molecule has 0 aliphatic carbocycles. The molecule has 4 aliphatic rings. The van der Waals surface area contributed by atoms with Crippen molar-refractivity contribution in [2.45, 2.75) is 38.8 Å². The normalized spacial score (nSPS) is 27.4. The Morgan fingerprint density at radius 2 is 1.90 bits per heavy atom. The number of piperazine rings is 3. The van der Waals surface area contributed by atoms with E-state index in [1.54, 1.807) is 0 Å². The highest BCUT2D eigenvalue weighted by Gasteiger charge is 2.31. The van der Waals surface area contributed by atoms with Crippen molar-refractivity contribution in [2.24, 2.45) is 4.99 Å². The van der Waals surface area contributed by atoms with E-state index in [1.165, 1.54) is 38.3 Å². The van der Waals surface area contributed by atoms with Crippen LogP contribution in [0.4, 0.5) is 5.82 Å². The summed E-state index contributed by atoms with van der Waals surface area (Å²) in [5.74, 6) is 2.08. The van der Waals surface area contributed by atoms with Gasteiger partial charge >= 0.3 is 0 Å². The van der Waals surface area contributed by atoms with Crippen LogP contribution in [0.1, 0.15) is 25.3 Å². The molecule has 0 saturated carbocycles. The quantitative estimate of drug-likeness (QED) is 0.354. The Kier molecular flexibility index (Phi) is 8.37. The van der Waals surface area contributed by atoms with Gasteiger partial charge in [-0.15, -0.1) is 24.0 Å². The van der Waals surface area contributed by atoms with Crippen LogP contribution >= 0.6 is 24.0 Å². The third-order valence-electron chi connectivity index (χ3n) is 6.25. The molecule has 7 nitrogen and oxygen atoms in total. The highest BCUT2D eigenvalue weighted by atomic mass is 127. The van der Waals surface area contributed by atoms with E-state index in [2.05, 4.69) is 56.3 Å². The van der Waals surface area contributed by atoms with Gasteiger partial charge in [0.15, 0.2) is 5.96 Å². The van der Waals surface area contributed by atoms with Gasteiger partial charge in [-0.25, -0.2) is 4.98 Å². The van der Waals surface area contributed by atoms with Gasteiger partial charge in [-0.2, -0.15) is 0 Å². The average Bonchev–Trinajstić information content (AvgIpc) is 2.74. The van der Waals surface area contributed by atoms with Crippen LogP contribution in [0.15, 0.2) is 23.3 Å². The SMILES string of the molecule is CCNC(=NCC1CN2CCN1CC2)NC1CCN(c2ccc(C)cn2)CC1.I.